The summed E-state index contributed by atoms with van der Waals surface area (Å²) in [4.78, 5) is 0.357. The number of ether oxygens (including phenoxy) is 1. The fourth-order valence-electron chi connectivity index (χ4n) is 2.85. The van der Waals surface area contributed by atoms with Crippen molar-refractivity contribution >= 4 is 10.0 Å². The van der Waals surface area contributed by atoms with Gasteiger partial charge < -0.3 is 4.74 Å². The monoisotopic (exact) mass is 345 g/mol. The summed E-state index contributed by atoms with van der Waals surface area (Å²) >= 11 is 0. The summed E-state index contributed by atoms with van der Waals surface area (Å²) in [6.45, 7) is 7.08. The van der Waals surface area contributed by atoms with Crippen LogP contribution in [-0.4, -0.2) is 32.4 Å². The van der Waals surface area contributed by atoms with Gasteiger partial charge in [-0.15, -0.1) is 0 Å². The normalized spacial score (nSPS) is 19.4. The van der Waals surface area contributed by atoms with Crippen LogP contribution in [0.2, 0.25) is 0 Å². The van der Waals surface area contributed by atoms with Gasteiger partial charge >= 0.3 is 0 Å². The number of benzene rings is 2. The highest BCUT2D eigenvalue weighted by molar-refractivity contribution is 7.89. The third kappa shape index (κ3) is 3.38. The number of hydrogen-bond acceptors (Lipinski definition) is 3. The molecule has 2 aromatic rings. The van der Waals surface area contributed by atoms with Crippen LogP contribution >= 0.6 is 0 Å². The van der Waals surface area contributed by atoms with E-state index in [1.54, 1.807) is 12.1 Å². The van der Waals surface area contributed by atoms with Crippen molar-refractivity contribution in [1.82, 2.24) is 4.31 Å². The molecule has 1 heterocycles. The van der Waals surface area contributed by atoms with E-state index in [0.29, 0.717) is 24.6 Å². The van der Waals surface area contributed by atoms with Gasteiger partial charge in [-0.3, -0.25) is 0 Å². The molecule has 5 heteroatoms. The van der Waals surface area contributed by atoms with Crippen molar-refractivity contribution in [3.63, 3.8) is 0 Å². The molecule has 1 aliphatic rings. The standard InChI is InChI=1S/C19H23NO3S/c1-14-4-7-17(8-5-14)19-13-20(10-11-23-19)24(21,22)18-9-6-15(2)16(3)12-18/h4-9,12,19H,10-11,13H2,1-3H3. The molecule has 0 N–H and O–H groups in total. The first-order valence-electron chi connectivity index (χ1n) is 8.13. The molecule has 0 radical (unpaired) electrons. The van der Waals surface area contributed by atoms with Gasteiger partial charge in [0.2, 0.25) is 10.0 Å². The first kappa shape index (κ1) is 17.1. The van der Waals surface area contributed by atoms with Crippen LogP contribution in [0.15, 0.2) is 47.4 Å². The van der Waals surface area contributed by atoms with Crippen LogP contribution in [0.3, 0.4) is 0 Å². The summed E-state index contributed by atoms with van der Waals surface area (Å²) in [7, 11) is -3.50. The molecule has 0 aliphatic carbocycles. The number of aryl methyl sites for hydroxylation is 3. The van der Waals surface area contributed by atoms with Gasteiger partial charge in [-0.1, -0.05) is 35.9 Å². The summed E-state index contributed by atoms with van der Waals surface area (Å²) in [5.41, 5.74) is 4.27. The number of hydrogen-bond donors (Lipinski definition) is 0. The highest BCUT2D eigenvalue weighted by Gasteiger charge is 2.31. The lowest BCUT2D eigenvalue weighted by atomic mass is 10.1. The van der Waals surface area contributed by atoms with Gasteiger partial charge in [0.15, 0.2) is 0 Å². The van der Waals surface area contributed by atoms with E-state index in [2.05, 4.69) is 0 Å². The zero-order valence-electron chi connectivity index (χ0n) is 14.3. The fraction of sp³-hybridized carbons (Fsp3) is 0.368. The van der Waals surface area contributed by atoms with Crippen molar-refractivity contribution < 1.29 is 13.2 Å². The topological polar surface area (TPSA) is 46.6 Å². The lowest BCUT2D eigenvalue weighted by Gasteiger charge is -2.32. The highest BCUT2D eigenvalue weighted by Crippen LogP contribution is 2.27. The Labute approximate surface area is 144 Å². The molecule has 24 heavy (non-hydrogen) atoms. The Morgan fingerprint density at radius 3 is 2.38 bits per heavy atom. The van der Waals surface area contributed by atoms with Crippen LogP contribution in [0.5, 0.6) is 0 Å². The quantitative estimate of drug-likeness (QED) is 0.857. The molecule has 1 atom stereocenters. The second kappa shape index (κ2) is 6.67. The SMILES string of the molecule is Cc1ccc(C2CN(S(=O)(=O)c3ccc(C)c(C)c3)CCO2)cc1. The second-order valence-electron chi connectivity index (χ2n) is 6.38. The predicted molar refractivity (Wildman–Crippen MR) is 94.5 cm³/mol. The van der Waals surface area contributed by atoms with Gasteiger partial charge in [-0.25, -0.2) is 8.42 Å². The molecule has 1 saturated heterocycles. The minimum Gasteiger partial charge on any atom is -0.371 e. The molecule has 3 rings (SSSR count). The Morgan fingerprint density at radius 2 is 1.71 bits per heavy atom. The Morgan fingerprint density at radius 1 is 1.00 bits per heavy atom. The molecule has 1 fully saturated rings. The van der Waals surface area contributed by atoms with Crippen molar-refractivity contribution in [3.8, 4) is 0 Å². The van der Waals surface area contributed by atoms with Crippen LogP contribution < -0.4 is 0 Å². The number of nitrogens with zero attached hydrogens (tertiary/aromatic N) is 1. The fourth-order valence-corrected chi connectivity index (χ4v) is 4.36. The van der Waals surface area contributed by atoms with E-state index in [9.17, 15) is 8.42 Å². The molecule has 0 bridgehead atoms. The molecule has 128 valence electrons. The van der Waals surface area contributed by atoms with Crippen molar-refractivity contribution in [2.75, 3.05) is 19.7 Å². The van der Waals surface area contributed by atoms with Gasteiger partial charge in [0.1, 0.15) is 0 Å². The first-order valence-corrected chi connectivity index (χ1v) is 9.57. The van der Waals surface area contributed by atoms with E-state index in [-0.39, 0.29) is 6.10 Å². The Kier molecular flexibility index (Phi) is 4.76. The predicted octanol–water partition coefficient (Wildman–Crippen LogP) is 3.37. The molecule has 1 aliphatic heterocycles. The minimum absolute atomic E-state index is 0.222. The molecular formula is C19H23NO3S. The van der Waals surface area contributed by atoms with Gasteiger partial charge in [-0.05, 0) is 49.6 Å². The zero-order chi connectivity index (χ0) is 17.3. The highest BCUT2D eigenvalue weighted by atomic mass is 32.2. The van der Waals surface area contributed by atoms with Gasteiger partial charge in [0.25, 0.3) is 0 Å². The third-order valence-corrected chi connectivity index (χ3v) is 6.46. The van der Waals surface area contributed by atoms with E-state index in [1.807, 2.05) is 51.1 Å². The molecule has 0 saturated carbocycles. The molecular weight excluding hydrogens is 322 g/mol. The van der Waals surface area contributed by atoms with E-state index in [1.165, 1.54) is 9.87 Å². The van der Waals surface area contributed by atoms with E-state index in [4.69, 9.17) is 4.74 Å². The third-order valence-electron chi connectivity index (χ3n) is 4.59. The molecule has 1 unspecified atom stereocenters. The molecule has 0 spiro atoms. The van der Waals surface area contributed by atoms with Crippen molar-refractivity contribution in [1.29, 1.82) is 0 Å². The summed E-state index contributed by atoms with van der Waals surface area (Å²) in [6, 6.07) is 13.4. The Bertz CT molecular complexity index is 828. The van der Waals surface area contributed by atoms with E-state index < -0.39 is 10.0 Å². The van der Waals surface area contributed by atoms with Crippen molar-refractivity contribution in [2.24, 2.45) is 0 Å². The van der Waals surface area contributed by atoms with Crippen molar-refractivity contribution in [3.05, 3.63) is 64.7 Å². The van der Waals surface area contributed by atoms with Crippen LogP contribution in [-0.2, 0) is 14.8 Å². The Balaban J connectivity index is 1.85. The lowest BCUT2D eigenvalue weighted by molar-refractivity contribution is -0.00256. The maximum atomic E-state index is 13.0. The summed E-state index contributed by atoms with van der Waals surface area (Å²) in [6.07, 6.45) is -0.222. The van der Waals surface area contributed by atoms with Gasteiger partial charge in [-0.2, -0.15) is 4.31 Å². The summed E-state index contributed by atoms with van der Waals surface area (Å²) < 4.78 is 33.2. The average molecular weight is 345 g/mol. The maximum Gasteiger partial charge on any atom is 0.243 e. The van der Waals surface area contributed by atoms with Crippen LogP contribution in [0.1, 0.15) is 28.4 Å². The average Bonchev–Trinajstić information content (AvgIpc) is 2.58. The summed E-state index contributed by atoms with van der Waals surface area (Å²) in [5.74, 6) is 0. The first-order chi connectivity index (χ1) is 11.4. The second-order valence-corrected chi connectivity index (χ2v) is 8.32. The largest absolute Gasteiger partial charge is 0.371 e. The smallest absolute Gasteiger partial charge is 0.243 e. The summed E-state index contributed by atoms with van der Waals surface area (Å²) in [5, 5.41) is 0. The van der Waals surface area contributed by atoms with Crippen LogP contribution in [0.4, 0.5) is 0 Å². The maximum absolute atomic E-state index is 13.0. The molecule has 0 amide bonds. The van der Waals surface area contributed by atoms with Crippen molar-refractivity contribution in [2.45, 2.75) is 31.8 Å². The van der Waals surface area contributed by atoms with Gasteiger partial charge in [0, 0.05) is 13.1 Å². The zero-order valence-corrected chi connectivity index (χ0v) is 15.1. The number of rotatable bonds is 3. The lowest BCUT2D eigenvalue weighted by Crippen LogP contribution is -2.42. The van der Waals surface area contributed by atoms with Crippen LogP contribution in [0.25, 0.3) is 0 Å². The van der Waals surface area contributed by atoms with Gasteiger partial charge in [0.05, 0.1) is 17.6 Å². The molecule has 0 aromatic heterocycles. The number of morpholine rings is 1. The molecule has 2 aromatic carbocycles. The van der Waals surface area contributed by atoms with E-state index in [0.717, 1.165) is 16.7 Å². The number of sulfonamides is 1. The van der Waals surface area contributed by atoms with Crippen LogP contribution in [0, 0.1) is 20.8 Å². The molecule has 4 nitrogen and oxygen atoms in total. The van der Waals surface area contributed by atoms with E-state index >= 15 is 0 Å². The minimum atomic E-state index is -3.50. The Hall–Kier alpha value is -1.69.